The largest absolute Gasteiger partial charge is 0.461 e. The van der Waals surface area contributed by atoms with Gasteiger partial charge >= 0.3 is 11.9 Å². The molecule has 0 spiro atoms. The summed E-state index contributed by atoms with van der Waals surface area (Å²) in [5, 5.41) is 0. The third-order valence-electron chi connectivity index (χ3n) is 2.30. The lowest BCUT2D eigenvalue weighted by atomic mass is 10.2. The van der Waals surface area contributed by atoms with Gasteiger partial charge in [-0.3, -0.25) is 9.59 Å². The van der Waals surface area contributed by atoms with Crippen molar-refractivity contribution in [3.8, 4) is 5.75 Å². The normalized spacial score (nSPS) is 9.89. The third kappa shape index (κ3) is 4.99. The highest BCUT2D eigenvalue weighted by molar-refractivity contribution is 5.72. The predicted octanol–water partition coefficient (Wildman–Crippen LogP) is 2.85. The van der Waals surface area contributed by atoms with Gasteiger partial charge in [-0.25, -0.2) is 0 Å². The van der Waals surface area contributed by atoms with E-state index in [9.17, 15) is 9.59 Å². The maximum absolute atomic E-state index is 11.3. The molecule has 0 fully saturated rings. The van der Waals surface area contributed by atoms with Crippen molar-refractivity contribution in [3.63, 3.8) is 0 Å². The SMILES string of the molecule is CCCC(=O)Oc1ccc(COC(=O)CC)cc1. The molecule has 98 valence electrons. The van der Waals surface area contributed by atoms with Crippen molar-refractivity contribution in [2.75, 3.05) is 0 Å². The molecular weight excluding hydrogens is 232 g/mol. The number of rotatable bonds is 6. The highest BCUT2D eigenvalue weighted by Crippen LogP contribution is 2.14. The summed E-state index contributed by atoms with van der Waals surface area (Å²) in [4.78, 5) is 22.2. The van der Waals surface area contributed by atoms with Gasteiger partial charge in [-0.05, 0) is 24.1 Å². The topological polar surface area (TPSA) is 52.6 Å². The van der Waals surface area contributed by atoms with Crippen molar-refractivity contribution in [1.82, 2.24) is 0 Å². The van der Waals surface area contributed by atoms with E-state index in [1.807, 2.05) is 6.92 Å². The summed E-state index contributed by atoms with van der Waals surface area (Å²) < 4.78 is 10.1. The Balaban J connectivity index is 2.47. The minimum Gasteiger partial charge on any atom is -0.461 e. The fraction of sp³-hybridized carbons (Fsp3) is 0.429. The number of carbonyl (C=O) groups excluding carboxylic acids is 2. The highest BCUT2D eigenvalue weighted by Gasteiger charge is 2.04. The molecule has 4 nitrogen and oxygen atoms in total. The number of esters is 2. The van der Waals surface area contributed by atoms with Crippen molar-refractivity contribution in [2.24, 2.45) is 0 Å². The molecule has 0 aliphatic rings. The van der Waals surface area contributed by atoms with E-state index >= 15 is 0 Å². The van der Waals surface area contributed by atoms with Crippen molar-refractivity contribution in [2.45, 2.75) is 39.7 Å². The van der Waals surface area contributed by atoms with Gasteiger partial charge in [-0.2, -0.15) is 0 Å². The molecule has 0 heterocycles. The number of ether oxygens (including phenoxy) is 2. The van der Waals surface area contributed by atoms with Crippen LogP contribution in [0.15, 0.2) is 24.3 Å². The molecular formula is C14H18O4. The van der Waals surface area contributed by atoms with Gasteiger partial charge in [0.25, 0.3) is 0 Å². The van der Waals surface area contributed by atoms with E-state index in [0.717, 1.165) is 12.0 Å². The van der Waals surface area contributed by atoms with Crippen LogP contribution in [0.1, 0.15) is 38.7 Å². The van der Waals surface area contributed by atoms with Crippen molar-refractivity contribution >= 4 is 11.9 Å². The fourth-order valence-corrected chi connectivity index (χ4v) is 1.31. The lowest BCUT2D eigenvalue weighted by Crippen LogP contribution is -2.07. The molecule has 0 radical (unpaired) electrons. The van der Waals surface area contributed by atoms with Crippen LogP contribution < -0.4 is 4.74 Å². The second-order valence-electron chi connectivity index (χ2n) is 3.88. The van der Waals surface area contributed by atoms with Crippen LogP contribution >= 0.6 is 0 Å². The van der Waals surface area contributed by atoms with Gasteiger partial charge in [0.05, 0.1) is 0 Å². The van der Waals surface area contributed by atoms with Crippen LogP contribution in [0.2, 0.25) is 0 Å². The molecule has 0 aliphatic carbocycles. The van der Waals surface area contributed by atoms with Crippen molar-refractivity contribution in [3.05, 3.63) is 29.8 Å². The first-order chi connectivity index (χ1) is 8.65. The van der Waals surface area contributed by atoms with E-state index in [0.29, 0.717) is 18.6 Å². The molecule has 0 N–H and O–H groups in total. The van der Waals surface area contributed by atoms with E-state index in [1.165, 1.54) is 0 Å². The number of hydrogen-bond acceptors (Lipinski definition) is 4. The third-order valence-corrected chi connectivity index (χ3v) is 2.30. The van der Waals surface area contributed by atoms with Gasteiger partial charge in [0, 0.05) is 12.8 Å². The van der Waals surface area contributed by atoms with Crippen LogP contribution in [0.5, 0.6) is 5.75 Å². The molecule has 1 aromatic rings. The molecule has 0 saturated heterocycles. The lowest BCUT2D eigenvalue weighted by Gasteiger charge is -2.06. The highest BCUT2D eigenvalue weighted by atomic mass is 16.5. The Labute approximate surface area is 107 Å². The Kier molecular flexibility index (Phi) is 5.91. The molecule has 0 amide bonds. The van der Waals surface area contributed by atoms with E-state index in [4.69, 9.17) is 9.47 Å². The lowest BCUT2D eigenvalue weighted by molar-refractivity contribution is -0.144. The van der Waals surface area contributed by atoms with Gasteiger partial charge in [0.1, 0.15) is 12.4 Å². The maximum atomic E-state index is 11.3. The molecule has 1 aromatic carbocycles. The molecule has 0 aromatic heterocycles. The van der Waals surface area contributed by atoms with Crippen LogP contribution in [-0.4, -0.2) is 11.9 Å². The van der Waals surface area contributed by atoms with Crippen molar-refractivity contribution < 1.29 is 19.1 Å². The minimum atomic E-state index is -0.234. The van der Waals surface area contributed by atoms with E-state index in [1.54, 1.807) is 31.2 Å². The molecule has 0 saturated carbocycles. The summed E-state index contributed by atoms with van der Waals surface area (Å²) in [7, 11) is 0. The molecule has 0 unspecified atom stereocenters. The van der Waals surface area contributed by atoms with E-state index in [-0.39, 0.29) is 18.5 Å². The van der Waals surface area contributed by atoms with Gasteiger partial charge in [0.15, 0.2) is 0 Å². The summed E-state index contributed by atoms with van der Waals surface area (Å²) in [5.41, 5.74) is 0.868. The Hall–Kier alpha value is -1.84. The zero-order valence-corrected chi connectivity index (χ0v) is 10.8. The number of hydrogen-bond donors (Lipinski definition) is 0. The smallest absolute Gasteiger partial charge is 0.311 e. The van der Waals surface area contributed by atoms with Crippen molar-refractivity contribution in [1.29, 1.82) is 0 Å². The summed E-state index contributed by atoms with van der Waals surface area (Å²) in [6, 6.07) is 6.94. The van der Waals surface area contributed by atoms with Gasteiger partial charge in [0.2, 0.25) is 0 Å². The van der Waals surface area contributed by atoms with Gasteiger partial charge in [-0.15, -0.1) is 0 Å². The second kappa shape index (κ2) is 7.48. The average Bonchev–Trinajstić information content (AvgIpc) is 2.37. The molecule has 4 heteroatoms. The minimum absolute atomic E-state index is 0.228. The summed E-state index contributed by atoms with van der Waals surface area (Å²) in [5.74, 6) is 0.0510. The number of benzene rings is 1. The summed E-state index contributed by atoms with van der Waals surface area (Å²) in [6.45, 7) is 3.92. The van der Waals surface area contributed by atoms with E-state index < -0.39 is 0 Å². The van der Waals surface area contributed by atoms with Crippen LogP contribution in [0.3, 0.4) is 0 Å². The Morgan fingerprint density at radius 1 is 1.06 bits per heavy atom. The quantitative estimate of drug-likeness (QED) is 0.575. The zero-order valence-electron chi connectivity index (χ0n) is 10.8. The Morgan fingerprint density at radius 3 is 2.28 bits per heavy atom. The molecule has 18 heavy (non-hydrogen) atoms. The van der Waals surface area contributed by atoms with Crippen LogP contribution in [0, 0.1) is 0 Å². The monoisotopic (exact) mass is 250 g/mol. The molecule has 0 bridgehead atoms. The molecule has 0 atom stereocenters. The van der Waals surface area contributed by atoms with Crippen LogP contribution in [0.25, 0.3) is 0 Å². The molecule has 1 rings (SSSR count). The zero-order chi connectivity index (χ0) is 13.4. The summed E-state index contributed by atoms with van der Waals surface area (Å²) >= 11 is 0. The first-order valence-electron chi connectivity index (χ1n) is 6.11. The van der Waals surface area contributed by atoms with Gasteiger partial charge < -0.3 is 9.47 Å². The second-order valence-corrected chi connectivity index (χ2v) is 3.88. The first kappa shape index (κ1) is 14.2. The average molecular weight is 250 g/mol. The fourth-order valence-electron chi connectivity index (χ4n) is 1.31. The Morgan fingerprint density at radius 2 is 1.72 bits per heavy atom. The maximum Gasteiger partial charge on any atom is 0.311 e. The number of carbonyl (C=O) groups is 2. The van der Waals surface area contributed by atoms with Crippen LogP contribution in [0.4, 0.5) is 0 Å². The Bertz CT molecular complexity index is 395. The predicted molar refractivity (Wildman–Crippen MR) is 67.1 cm³/mol. The molecule has 0 aliphatic heterocycles. The van der Waals surface area contributed by atoms with Crippen LogP contribution in [-0.2, 0) is 20.9 Å². The standard InChI is InChI=1S/C14H18O4/c1-3-5-14(16)18-12-8-6-11(7-9-12)10-17-13(15)4-2/h6-9H,3-5,10H2,1-2H3. The van der Waals surface area contributed by atoms with E-state index in [2.05, 4.69) is 0 Å². The van der Waals surface area contributed by atoms with Gasteiger partial charge in [-0.1, -0.05) is 26.0 Å². The summed E-state index contributed by atoms with van der Waals surface area (Å²) in [6.07, 6.45) is 1.55. The first-order valence-corrected chi connectivity index (χ1v) is 6.11.